The fourth-order valence-corrected chi connectivity index (χ4v) is 5.12. The van der Waals surface area contributed by atoms with E-state index in [4.69, 9.17) is 9.15 Å². The normalized spacial score (nSPS) is 11.1. The van der Waals surface area contributed by atoms with Gasteiger partial charge in [-0.05, 0) is 18.7 Å². The molecular formula is C16H16N2O3S3. The number of rotatable bonds is 7. The number of para-hydroxylation sites is 1. The summed E-state index contributed by atoms with van der Waals surface area (Å²) >= 11 is 4.79. The van der Waals surface area contributed by atoms with Gasteiger partial charge in [0.05, 0.1) is 6.61 Å². The predicted octanol–water partition coefficient (Wildman–Crippen LogP) is 4.87. The number of aromatic nitrogens is 2. The maximum absolute atomic E-state index is 12.2. The van der Waals surface area contributed by atoms with Crippen LogP contribution in [-0.4, -0.2) is 28.5 Å². The Labute approximate surface area is 152 Å². The monoisotopic (exact) mass is 380 g/mol. The van der Waals surface area contributed by atoms with Gasteiger partial charge in [0, 0.05) is 16.7 Å². The fraction of sp³-hybridized carbons (Fsp3) is 0.312. The number of hydrogen-bond donors (Lipinski definition) is 0. The van der Waals surface area contributed by atoms with E-state index in [1.54, 1.807) is 41.8 Å². The van der Waals surface area contributed by atoms with Crippen LogP contribution in [-0.2, 0) is 10.5 Å². The zero-order valence-electron chi connectivity index (χ0n) is 13.3. The van der Waals surface area contributed by atoms with Crippen LogP contribution in [0, 0.1) is 0 Å². The highest BCUT2D eigenvalue weighted by molar-refractivity contribution is 8.02. The van der Waals surface area contributed by atoms with Gasteiger partial charge in [-0.3, -0.25) is 0 Å². The Balaban J connectivity index is 1.86. The third-order valence-corrected chi connectivity index (χ3v) is 6.25. The second-order valence-corrected chi connectivity index (χ2v) is 8.39. The summed E-state index contributed by atoms with van der Waals surface area (Å²) < 4.78 is 12.7. The van der Waals surface area contributed by atoms with Crippen LogP contribution in [0.3, 0.4) is 0 Å². The smallest absolute Gasteiger partial charge is 0.374 e. The number of ether oxygens (including phenoxy) is 1. The van der Waals surface area contributed by atoms with E-state index < -0.39 is 5.97 Å². The summed E-state index contributed by atoms with van der Waals surface area (Å²) in [4.78, 5) is 12.2. The lowest BCUT2D eigenvalue weighted by Gasteiger charge is -2.01. The van der Waals surface area contributed by atoms with E-state index in [0.717, 1.165) is 25.4 Å². The molecule has 0 bridgehead atoms. The van der Waals surface area contributed by atoms with E-state index >= 15 is 0 Å². The van der Waals surface area contributed by atoms with E-state index in [9.17, 15) is 4.79 Å². The van der Waals surface area contributed by atoms with E-state index in [2.05, 4.69) is 17.1 Å². The molecular weight excluding hydrogens is 364 g/mol. The van der Waals surface area contributed by atoms with Gasteiger partial charge in [0.15, 0.2) is 8.68 Å². The number of fused-ring (bicyclic) bond motifs is 1. The van der Waals surface area contributed by atoms with E-state index in [-0.39, 0.29) is 5.76 Å². The molecule has 2 aromatic heterocycles. The first-order valence-corrected chi connectivity index (χ1v) is 10.3. The first kappa shape index (κ1) is 17.3. The topological polar surface area (TPSA) is 65.2 Å². The Kier molecular flexibility index (Phi) is 5.80. The van der Waals surface area contributed by atoms with Crippen LogP contribution in [0.2, 0.25) is 0 Å². The van der Waals surface area contributed by atoms with Crippen molar-refractivity contribution in [1.29, 1.82) is 0 Å². The molecule has 3 aromatic rings. The molecule has 0 atom stereocenters. The highest BCUT2D eigenvalue weighted by Gasteiger charge is 2.22. The second-order valence-electron chi connectivity index (χ2n) is 4.68. The van der Waals surface area contributed by atoms with E-state index in [1.807, 2.05) is 24.3 Å². The van der Waals surface area contributed by atoms with Crippen molar-refractivity contribution in [2.45, 2.75) is 28.3 Å². The molecule has 0 saturated carbocycles. The minimum Gasteiger partial charge on any atom is -0.460 e. The second kappa shape index (κ2) is 8.04. The predicted molar refractivity (Wildman–Crippen MR) is 98.0 cm³/mol. The van der Waals surface area contributed by atoms with Gasteiger partial charge in [0.2, 0.25) is 5.76 Å². The van der Waals surface area contributed by atoms with E-state index in [0.29, 0.717) is 17.9 Å². The first-order valence-electron chi connectivity index (χ1n) is 7.49. The highest BCUT2D eigenvalue weighted by Crippen LogP contribution is 2.35. The Hall–Kier alpha value is -1.51. The van der Waals surface area contributed by atoms with Gasteiger partial charge in [-0.25, -0.2) is 4.79 Å². The van der Waals surface area contributed by atoms with Crippen LogP contribution < -0.4 is 0 Å². The Morgan fingerprint density at radius 1 is 1.21 bits per heavy atom. The lowest BCUT2D eigenvalue weighted by atomic mass is 10.1. The quantitative estimate of drug-likeness (QED) is 0.428. The molecule has 0 spiro atoms. The van der Waals surface area contributed by atoms with Crippen molar-refractivity contribution in [3.05, 3.63) is 35.6 Å². The molecule has 0 aliphatic rings. The standard InChI is InChI=1S/C16H16N2O3S3/c1-3-20-14(19)13-11(10-7-5-6-8-12(10)21-13)9-23-16-18-17-15(24-16)22-4-2/h5-8H,3-4,9H2,1-2H3. The number of carbonyl (C=O) groups excluding carboxylic acids is 1. The van der Waals surface area contributed by atoms with Crippen molar-refractivity contribution in [2.24, 2.45) is 0 Å². The third-order valence-electron chi connectivity index (χ3n) is 3.15. The molecule has 0 unspecified atom stereocenters. The third kappa shape index (κ3) is 3.76. The summed E-state index contributed by atoms with van der Waals surface area (Å²) in [6.07, 6.45) is 0. The molecule has 0 aliphatic carbocycles. The van der Waals surface area contributed by atoms with Gasteiger partial charge in [-0.1, -0.05) is 60.0 Å². The van der Waals surface area contributed by atoms with Gasteiger partial charge >= 0.3 is 5.97 Å². The van der Waals surface area contributed by atoms with Crippen LogP contribution in [0.1, 0.15) is 30.0 Å². The highest BCUT2D eigenvalue weighted by atomic mass is 32.2. The summed E-state index contributed by atoms with van der Waals surface area (Å²) in [5.41, 5.74) is 1.53. The maximum atomic E-state index is 12.2. The number of hydrogen-bond acceptors (Lipinski definition) is 8. The lowest BCUT2D eigenvalue weighted by Crippen LogP contribution is -2.05. The van der Waals surface area contributed by atoms with Gasteiger partial charge in [-0.15, -0.1) is 10.2 Å². The number of furan rings is 1. The summed E-state index contributed by atoms with van der Waals surface area (Å²) in [5, 5.41) is 9.27. The minimum atomic E-state index is -0.427. The number of thioether (sulfide) groups is 2. The Bertz CT molecular complexity index is 844. The molecule has 8 heteroatoms. The Morgan fingerprint density at radius 2 is 1.96 bits per heavy atom. The van der Waals surface area contributed by atoms with Gasteiger partial charge < -0.3 is 9.15 Å². The molecule has 0 amide bonds. The van der Waals surface area contributed by atoms with Crippen LogP contribution in [0.5, 0.6) is 0 Å². The molecule has 3 rings (SSSR count). The van der Waals surface area contributed by atoms with Gasteiger partial charge in [-0.2, -0.15) is 0 Å². The average Bonchev–Trinajstić information content (AvgIpc) is 3.18. The zero-order chi connectivity index (χ0) is 16.9. The van der Waals surface area contributed by atoms with Crippen molar-refractivity contribution in [1.82, 2.24) is 10.2 Å². The molecule has 2 heterocycles. The maximum Gasteiger partial charge on any atom is 0.374 e. The van der Waals surface area contributed by atoms with Crippen molar-refractivity contribution in [3.8, 4) is 0 Å². The molecule has 1 aromatic carbocycles. The van der Waals surface area contributed by atoms with Crippen molar-refractivity contribution in [3.63, 3.8) is 0 Å². The lowest BCUT2D eigenvalue weighted by molar-refractivity contribution is 0.0491. The summed E-state index contributed by atoms with van der Waals surface area (Å²) in [6, 6.07) is 7.63. The van der Waals surface area contributed by atoms with Gasteiger partial charge in [0.1, 0.15) is 5.58 Å². The fourth-order valence-electron chi connectivity index (χ4n) is 2.17. The number of esters is 1. The molecule has 0 radical (unpaired) electrons. The van der Waals surface area contributed by atoms with Crippen molar-refractivity contribution < 1.29 is 13.9 Å². The summed E-state index contributed by atoms with van der Waals surface area (Å²) in [6.45, 7) is 4.18. The van der Waals surface area contributed by atoms with Crippen LogP contribution in [0.4, 0.5) is 0 Å². The number of carbonyl (C=O) groups is 1. The SMILES string of the molecule is CCOC(=O)c1oc2ccccc2c1CSc1nnc(SCC)s1. The molecule has 126 valence electrons. The van der Waals surface area contributed by atoms with Crippen molar-refractivity contribution in [2.75, 3.05) is 12.4 Å². The molecule has 0 N–H and O–H groups in total. The summed E-state index contributed by atoms with van der Waals surface area (Å²) in [7, 11) is 0. The van der Waals surface area contributed by atoms with Crippen LogP contribution in [0.25, 0.3) is 11.0 Å². The summed E-state index contributed by atoms with van der Waals surface area (Å²) in [5.74, 6) is 1.40. The van der Waals surface area contributed by atoms with Crippen molar-refractivity contribution >= 4 is 51.8 Å². The zero-order valence-corrected chi connectivity index (χ0v) is 15.7. The molecule has 5 nitrogen and oxygen atoms in total. The van der Waals surface area contributed by atoms with Gasteiger partial charge in [0.25, 0.3) is 0 Å². The molecule has 0 fully saturated rings. The van der Waals surface area contributed by atoms with Crippen LogP contribution >= 0.6 is 34.9 Å². The largest absolute Gasteiger partial charge is 0.460 e. The number of nitrogens with zero attached hydrogens (tertiary/aromatic N) is 2. The average molecular weight is 381 g/mol. The van der Waals surface area contributed by atoms with Crippen LogP contribution in [0.15, 0.2) is 37.4 Å². The number of benzene rings is 1. The first-order chi connectivity index (χ1) is 11.7. The van der Waals surface area contributed by atoms with E-state index in [1.165, 1.54) is 0 Å². The molecule has 24 heavy (non-hydrogen) atoms. The molecule has 0 saturated heterocycles. The minimum absolute atomic E-state index is 0.276. The molecule has 0 aliphatic heterocycles. The Morgan fingerprint density at radius 3 is 2.71 bits per heavy atom.